The molecule has 0 spiro atoms. The normalized spacial score (nSPS) is 11.7. The fourth-order valence-electron chi connectivity index (χ4n) is 2.26. The summed E-state index contributed by atoms with van der Waals surface area (Å²) in [5.41, 5.74) is 1.73. The Balaban J connectivity index is 2.10. The fraction of sp³-hybridized carbons (Fsp3) is 0.263. The lowest BCUT2D eigenvalue weighted by atomic mass is 9.97. The average molecular weight is 343 g/mol. The van der Waals surface area contributed by atoms with Gasteiger partial charge in [-0.05, 0) is 51.5 Å². The summed E-state index contributed by atoms with van der Waals surface area (Å²) in [4.78, 5) is 16.8. The zero-order valence-electron chi connectivity index (χ0n) is 14.0. The van der Waals surface area contributed by atoms with E-state index in [0.29, 0.717) is 16.3 Å². The molecule has 0 radical (unpaired) electrons. The van der Waals surface area contributed by atoms with Crippen LogP contribution in [0.25, 0.3) is 20.8 Å². The first-order valence-corrected chi connectivity index (χ1v) is 8.46. The van der Waals surface area contributed by atoms with Gasteiger partial charge in [0.2, 0.25) is 0 Å². The Hall–Kier alpha value is -2.27. The highest BCUT2D eigenvalue weighted by Crippen LogP contribution is 2.38. The highest BCUT2D eigenvalue weighted by Gasteiger charge is 2.25. The van der Waals surface area contributed by atoms with E-state index in [9.17, 15) is 9.18 Å². The molecule has 0 atom stereocenters. The standard InChI is InChI=1S/C19H18FNO2S/c1-11-6-5-7-14(23-18(22)19(2,3)4)16(11)17-21-13-10-12(20)8-9-15(13)24-17/h5-10H,1-4H3. The first kappa shape index (κ1) is 16.6. The molecule has 1 heterocycles. The molecule has 0 saturated heterocycles. The molecule has 0 aliphatic carbocycles. The molecule has 0 fully saturated rings. The van der Waals surface area contributed by atoms with Crippen LogP contribution >= 0.6 is 11.3 Å². The van der Waals surface area contributed by atoms with E-state index in [1.54, 1.807) is 12.1 Å². The third-order valence-electron chi connectivity index (χ3n) is 3.61. The Morgan fingerprint density at radius 3 is 2.67 bits per heavy atom. The highest BCUT2D eigenvalue weighted by molar-refractivity contribution is 7.21. The van der Waals surface area contributed by atoms with Gasteiger partial charge in [0.05, 0.1) is 21.2 Å². The van der Waals surface area contributed by atoms with E-state index in [1.807, 2.05) is 39.8 Å². The van der Waals surface area contributed by atoms with E-state index in [4.69, 9.17) is 4.74 Å². The molecule has 0 saturated carbocycles. The number of hydrogen-bond acceptors (Lipinski definition) is 4. The Morgan fingerprint density at radius 2 is 1.96 bits per heavy atom. The summed E-state index contributed by atoms with van der Waals surface area (Å²) in [5.74, 6) is -0.139. The number of aryl methyl sites for hydroxylation is 1. The summed E-state index contributed by atoms with van der Waals surface area (Å²) in [6.45, 7) is 7.37. The molecule has 0 aliphatic heterocycles. The van der Waals surface area contributed by atoms with Crippen LogP contribution in [0.5, 0.6) is 5.75 Å². The molecule has 0 bridgehead atoms. The van der Waals surface area contributed by atoms with Crippen molar-refractivity contribution in [2.45, 2.75) is 27.7 Å². The molecule has 0 amide bonds. The van der Waals surface area contributed by atoms with Crippen molar-refractivity contribution in [1.82, 2.24) is 4.98 Å². The van der Waals surface area contributed by atoms with E-state index in [1.165, 1.54) is 23.5 Å². The zero-order chi connectivity index (χ0) is 17.5. The number of ether oxygens (including phenoxy) is 1. The van der Waals surface area contributed by atoms with Crippen LogP contribution in [0.15, 0.2) is 36.4 Å². The van der Waals surface area contributed by atoms with Crippen molar-refractivity contribution in [3.63, 3.8) is 0 Å². The molecule has 0 N–H and O–H groups in total. The van der Waals surface area contributed by atoms with Crippen LogP contribution in [-0.4, -0.2) is 11.0 Å². The lowest BCUT2D eigenvalue weighted by molar-refractivity contribution is -0.142. The number of carbonyl (C=O) groups excluding carboxylic acids is 1. The second-order valence-electron chi connectivity index (χ2n) is 6.72. The van der Waals surface area contributed by atoms with Crippen molar-refractivity contribution in [3.05, 3.63) is 47.8 Å². The number of rotatable bonds is 2. The van der Waals surface area contributed by atoms with Crippen molar-refractivity contribution in [2.24, 2.45) is 5.41 Å². The second kappa shape index (κ2) is 5.98. The lowest BCUT2D eigenvalue weighted by Crippen LogP contribution is -2.25. The van der Waals surface area contributed by atoms with Gasteiger partial charge in [0.25, 0.3) is 0 Å². The van der Waals surface area contributed by atoms with Crippen LogP contribution in [0.4, 0.5) is 4.39 Å². The highest BCUT2D eigenvalue weighted by atomic mass is 32.1. The number of benzene rings is 2. The zero-order valence-corrected chi connectivity index (χ0v) is 14.8. The predicted octanol–water partition coefficient (Wildman–Crippen LogP) is 5.36. The molecule has 0 aliphatic rings. The predicted molar refractivity (Wildman–Crippen MR) is 94.8 cm³/mol. The van der Waals surface area contributed by atoms with Gasteiger partial charge in [0, 0.05) is 6.07 Å². The minimum absolute atomic E-state index is 0.304. The number of fused-ring (bicyclic) bond motifs is 1. The lowest BCUT2D eigenvalue weighted by Gasteiger charge is -2.18. The van der Waals surface area contributed by atoms with Gasteiger partial charge in [-0.15, -0.1) is 11.3 Å². The summed E-state index contributed by atoms with van der Waals surface area (Å²) in [6, 6.07) is 10.1. The second-order valence-corrected chi connectivity index (χ2v) is 7.75. The molecular weight excluding hydrogens is 325 g/mol. The molecule has 124 valence electrons. The Kier molecular flexibility index (Phi) is 4.13. The SMILES string of the molecule is Cc1cccc(OC(=O)C(C)(C)C)c1-c1nc2cc(F)ccc2s1. The first-order chi connectivity index (χ1) is 11.3. The number of carbonyl (C=O) groups is 1. The van der Waals surface area contributed by atoms with E-state index in [2.05, 4.69) is 4.98 Å². The third kappa shape index (κ3) is 3.17. The Morgan fingerprint density at radius 1 is 1.21 bits per heavy atom. The minimum atomic E-state index is -0.599. The Bertz CT molecular complexity index is 925. The maximum absolute atomic E-state index is 13.4. The van der Waals surface area contributed by atoms with Gasteiger partial charge < -0.3 is 4.74 Å². The molecule has 5 heteroatoms. The van der Waals surface area contributed by atoms with Crippen molar-refractivity contribution in [3.8, 4) is 16.3 Å². The van der Waals surface area contributed by atoms with Crippen LogP contribution in [-0.2, 0) is 4.79 Å². The van der Waals surface area contributed by atoms with Gasteiger partial charge in [-0.25, -0.2) is 9.37 Å². The number of esters is 1. The van der Waals surface area contributed by atoms with Gasteiger partial charge >= 0.3 is 5.97 Å². The quantitative estimate of drug-likeness (QED) is 0.464. The molecule has 3 nitrogen and oxygen atoms in total. The van der Waals surface area contributed by atoms with E-state index < -0.39 is 5.41 Å². The van der Waals surface area contributed by atoms with Gasteiger partial charge in [-0.3, -0.25) is 4.79 Å². The minimum Gasteiger partial charge on any atom is -0.425 e. The maximum atomic E-state index is 13.4. The molecule has 3 aromatic rings. The van der Waals surface area contributed by atoms with Crippen molar-refractivity contribution < 1.29 is 13.9 Å². The summed E-state index contributed by atoms with van der Waals surface area (Å²) >= 11 is 1.45. The monoisotopic (exact) mass is 343 g/mol. The van der Waals surface area contributed by atoms with Crippen LogP contribution in [0.2, 0.25) is 0 Å². The van der Waals surface area contributed by atoms with Crippen LogP contribution < -0.4 is 4.74 Å². The van der Waals surface area contributed by atoms with E-state index in [-0.39, 0.29) is 11.8 Å². The summed E-state index contributed by atoms with van der Waals surface area (Å²) in [7, 11) is 0. The number of aromatic nitrogens is 1. The summed E-state index contributed by atoms with van der Waals surface area (Å²) in [5, 5.41) is 0.713. The molecule has 2 aromatic carbocycles. The van der Waals surface area contributed by atoms with E-state index >= 15 is 0 Å². The molecule has 0 unspecified atom stereocenters. The molecule has 1 aromatic heterocycles. The number of hydrogen-bond donors (Lipinski definition) is 0. The fourth-order valence-corrected chi connectivity index (χ4v) is 3.32. The average Bonchev–Trinajstić information content (AvgIpc) is 2.88. The largest absolute Gasteiger partial charge is 0.425 e. The van der Waals surface area contributed by atoms with E-state index in [0.717, 1.165) is 15.8 Å². The topological polar surface area (TPSA) is 39.2 Å². The number of thiazole rings is 1. The van der Waals surface area contributed by atoms with Crippen molar-refractivity contribution >= 4 is 27.5 Å². The van der Waals surface area contributed by atoms with Gasteiger partial charge in [0.15, 0.2) is 0 Å². The number of halogens is 1. The third-order valence-corrected chi connectivity index (χ3v) is 4.67. The van der Waals surface area contributed by atoms with Crippen molar-refractivity contribution in [2.75, 3.05) is 0 Å². The Labute approximate surface area is 144 Å². The van der Waals surface area contributed by atoms with Gasteiger partial charge in [-0.1, -0.05) is 12.1 Å². The van der Waals surface area contributed by atoms with Crippen molar-refractivity contribution in [1.29, 1.82) is 0 Å². The first-order valence-electron chi connectivity index (χ1n) is 7.64. The summed E-state index contributed by atoms with van der Waals surface area (Å²) in [6.07, 6.45) is 0. The number of nitrogens with zero attached hydrogens (tertiary/aromatic N) is 1. The smallest absolute Gasteiger partial charge is 0.316 e. The van der Waals surface area contributed by atoms with Crippen LogP contribution in [0, 0.1) is 18.2 Å². The molecular formula is C19H18FNO2S. The van der Waals surface area contributed by atoms with Gasteiger partial charge in [-0.2, -0.15) is 0 Å². The van der Waals surface area contributed by atoms with Crippen LogP contribution in [0.1, 0.15) is 26.3 Å². The summed E-state index contributed by atoms with van der Waals surface area (Å²) < 4.78 is 19.9. The van der Waals surface area contributed by atoms with Gasteiger partial charge in [0.1, 0.15) is 16.6 Å². The van der Waals surface area contributed by atoms with Crippen LogP contribution in [0.3, 0.4) is 0 Å². The maximum Gasteiger partial charge on any atom is 0.316 e. The molecule has 3 rings (SSSR count). The molecule has 24 heavy (non-hydrogen) atoms.